The van der Waals surface area contributed by atoms with Crippen molar-refractivity contribution in [3.63, 3.8) is 0 Å². The quantitative estimate of drug-likeness (QED) is 0.361. The first-order valence-electron chi connectivity index (χ1n) is 10.8. The Labute approximate surface area is 206 Å². The van der Waals surface area contributed by atoms with E-state index in [0.717, 1.165) is 28.3 Å². The maximum absolute atomic E-state index is 13.1. The molecule has 0 aliphatic carbocycles. The number of sulfonamides is 1. The molecule has 0 saturated carbocycles. The highest BCUT2D eigenvalue weighted by atomic mass is 32.2. The normalized spacial score (nSPS) is 12.1. The van der Waals surface area contributed by atoms with Gasteiger partial charge in [-0.15, -0.1) is 0 Å². The Morgan fingerprint density at radius 1 is 0.972 bits per heavy atom. The fraction of sp³-hybridized carbons (Fsp3) is 0.192. The minimum atomic E-state index is -4.52. The van der Waals surface area contributed by atoms with Crippen LogP contribution in [0, 0.1) is 6.92 Å². The molecule has 0 unspecified atom stereocenters. The molecule has 1 aromatic heterocycles. The number of carbonyl (C=O) groups excluding carboxylic acids is 1. The van der Waals surface area contributed by atoms with E-state index in [2.05, 4.69) is 5.32 Å². The summed E-state index contributed by atoms with van der Waals surface area (Å²) in [6, 6.07) is 14.8. The molecule has 10 heteroatoms. The molecule has 36 heavy (non-hydrogen) atoms. The van der Waals surface area contributed by atoms with Crippen molar-refractivity contribution in [2.45, 2.75) is 13.1 Å². The van der Waals surface area contributed by atoms with E-state index < -0.39 is 27.7 Å². The van der Waals surface area contributed by atoms with E-state index in [-0.39, 0.29) is 16.8 Å². The molecule has 0 saturated heterocycles. The summed E-state index contributed by atoms with van der Waals surface area (Å²) in [4.78, 5) is 12.9. The number of rotatable bonds is 5. The molecule has 4 rings (SSSR count). The molecule has 1 heterocycles. The van der Waals surface area contributed by atoms with Crippen molar-refractivity contribution in [3.05, 3.63) is 77.4 Å². The third kappa shape index (κ3) is 4.68. The Morgan fingerprint density at radius 2 is 1.56 bits per heavy atom. The number of halogens is 3. The van der Waals surface area contributed by atoms with Crippen LogP contribution in [0.5, 0.6) is 0 Å². The molecule has 0 bridgehead atoms. The number of hydrogen-bond acceptors (Lipinski definition) is 4. The van der Waals surface area contributed by atoms with E-state index in [1.807, 2.05) is 19.1 Å². The first-order chi connectivity index (χ1) is 16.8. The molecular weight excluding hydrogens is 493 g/mol. The van der Waals surface area contributed by atoms with Crippen LogP contribution in [0.1, 0.15) is 21.5 Å². The molecule has 0 atom stereocenters. The fourth-order valence-electron chi connectivity index (χ4n) is 3.90. The van der Waals surface area contributed by atoms with Gasteiger partial charge in [-0.2, -0.15) is 13.2 Å². The zero-order valence-corrected chi connectivity index (χ0v) is 20.7. The van der Waals surface area contributed by atoms with Crippen molar-refractivity contribution in [1.29, 1.82) is 0 Å². The zero-order chi connectivity index (χ0) is 26.4. The van der Waals surface area contributed by atoms with Gasteiger partial charge in [0.2, 0.25) is 10.0 Å². The number of carbonyl (C=O) groups is 1. The molecule has 0 aliphatic heterocycles. The molecule has 6 nitrogen and oxygen atoms in total. The van der Waals surface area contributed by atoms with Crippen LogP contribution in [0.2, 0.25) is 0 Å². The monoisotopic (exact) mass is 516 g/mol. The Morgan fingerprint density at radius 3 is 2.08 bits per heavy atom. The fourth-order valence-corrected chi connectivity index (χ4v) is 4.41. The lowest BCUT2D eigenvalue weighted by atomic mass is 9.97. The first-order valence-corrected chi connectivity index (χ1v) is 12.7. The van der Waals surface area contributed by atoms with E-state index in [1.54, 1.807) is 18.2 Å². The minimum absolute atomic E-state index is 0.192. The molecule has 188 valence electrons. The van der Waals surface area contributed by atoms with Gasteiger partial charge in [-0.25, -0.2) is 8.42 Å². The van der Waals surface area contributed by atoms with Crippen LogP contribution >= 0.6 is 0 Å². The summed E-state index contributed by atoms with van der Waals surface area (Å²) in [5.74, 6) is -0.131. The topological polar surface area (TPSA) is 79.6 Å². The third-order valence-electron chi connectivity index (χ3n) is 5.93. The molecular formula is C26H23F3N2O4S. The Bertz CT molecular complexity index is 1560. The smallest absolute Gasteiger partial charge is 0.416 e. The van der Waals surface area contributed by atoms with Crippen molar-refractivity contribution in [3.8, 4) is 22.5 Å². The van der Waals surface area contributed by atoms with Crippen LogP contribution in [0.15, 0.2) is 65.1 Å². The van der Waals surface area contributed by atoms with Crippen LogP contribution in [0.25, 0.3) is 33.4 Å². The van der Waals surface area contributed by atoms with Gasteiger partial charge in [0.1, 0.15) is 11.3 Å². The standard InChI is InChI=1S/C26H23F3N2O4S/c1-15-5-7-17(8-6-15)24-23(25(32)30-2)20-13-19(16-9-11-18(12-10-16)26(27,28)29)21(14-22(20)35-24)31(3)36(4,33)34/h5-14H,1-4H3,(H,30,32). The molecule has 4 aromatic rings. The lowest BCUT2D eigenvalue weighted by molar-refractivity contribution is -0.137. The van der Waals surface area contributed by atoms with Crippen LogP contribution in [-0.4, -0.2) is 34.7 Å². The summed E-state index contributed by atoms with van der Waals surface area (Å²) in [6.45, 7) is 1.92. The first kappa shape index (κ1) is 25.3. The van der Waals surface area contributed by atoms with Gasteiger partial charge in [-0.05, 0) is 30.7 Å². The van der Waals surface area contributed by atoms with Gasteiger partial charge in [0, 0.05) is 36.7 Å². The maximum Gasteiger partial charge on any atom is 0.416 e. The number of benzene rings is 3. The van der Waals surface area contributed by atoms with Gasteiger partial charge in [0.15, 0.2) is 0 Å². The number of hydrogen-bond donors (Lipinski definition) is 1. The molecule has 0 aliphatic rings. The van der Waals surface area contributed by atoms with E-state index >= 15 is 0 Å². The summed E-state index contributed by atoms with van der Waals surface area (Å²) < 4.78 is 71.3. The number of fused-ring (bicyclic) bond motifs is 1. The number of furan rings is 1. The van der Waals surface area contributed by atoms with Gasteiger partial charge in [0.25, 0.3) is 5.91 Å². The zero-order valence-electron chi connectivity index (χ0n) is 19.9. The summed E-state index contributed by atoms with van der Waals surface area (Å²) in [6.07, 6.45) is -3.50. The summed E-state index contributed by atoms with van der Waals surface area (Å²) in [5, 5.41) is 2.99. The highest BCUT2D eigenvalue weighted by molar-refractivity contribution is 7.92. The van der Waals surface area contributed by atoms with Gasteiger partial charge < -0.3 is 9.73 Å². The number of anilines is 1. The van der Waals surface area contributed by atoms with E-state index in [9.17, 15) is 26.4 Å². The summed E-state index contributed by atoms with van der Waals surface area (Å²) >= 11 is 0. The van der Waals surface area contributed by atoms with Crippen molar-refractivity contribution >= 4 is 32.6 Å². The molecule has 0 spiro atoms. The number of amides is 1. The minimum Gasteiger partial charge on any atom is -0.455 e. The average Bonchev–Trinajstić information content (AvgIpc) is 3.20. The predicted octanol–water partition coefficient (Wildman–Crippen LogP) is 5.85. The number of aryl methyl sites for hydroxylation is 1. The van der Waals surface area contributed by atoms with Gasteiger partial charge in [-0.3, -0.25) is 9.10 Å². The Balaban J connectivity index is 2.04. The van der Waals surface area contributed by atoms with Gasteiger partial charge in [-0.1, -0.05) is 42.0 Å². The van der Waals surface area contributed by atoms with E-state index in [4.69, 9.17) is 4.42 Å². The number of nitrogens with zero attached hydrogens (tertiary/aromatic N) is 1. The second-order valence-corrected chi connectivity index (χ2v) is 10.4. The lowest BCUT2D eigenvalue weighted by Crippen LogP contribution is -2.25. The maximum atomic E-state index is 13.1. The molecule has 0 radical (unpaired) electrons. The third-order valence-corrected chi connectivity index (χ3v) is 7.13. The molecule has 1 amide bonds. The highest BCUT2D eigenvalue weighted by Gasteiger charge is 2.31. The van der Waals surface area contributed by atoms with Gasteiger partial charge >= 0.3 is 6.18 Å². The average molecular weight is 517 g/mol. The van der Waals surface area contributed by atoms with Crippen molar-refractivity contribution < 1.29 is 30.8 Å². The van der Waals surface area contributed by atoms with Crippen LogP contribution in [0.4, 0.5) is 18.9 Å². The van der Waals surface area contributed by atoms with Crippen molar-refractivity contribution in [2.24, 2.45) is 0 Å². The molecule has 3 aromatic carbocycles. The highest BCUT2D eigenvalue weighted by Crippen LogP contribution is 2.42. The van der Waals surface area contributed by atoms with Crippen LogP contribution in [0.3, 0.4) is 0 Å². The van der Waals surface area contributed by atoms with Crippen LogP contribution < -0.4 is 9.62 Å². The SMILES string of the molecule is CNC(=O)c1c(-c2ccc(C)cc2)oc2cc(N(C)S(C)(=O)=O)c(-c3ccc(C(F)(F)F)cc3)cc12. The summed E-state index contributed by atoms with van der Waals surface area (Å²) in [7, 11) is -0.920. The molecule has 1 N–H and O–H groups in total. The van der Waals surface area contributed by atoms with E-state index in [0.29, 0.717) is 27.8 Å². The van der Waals surface area contributed by atoms with Crippen LogP contribution in [-0.2, 0) is 16.2 Å². The number of alkyl halides is 3. The van der Waals surface area contributed by atoms with Crippen molar-refractivity contribution in [1.82, 2.24) is 5.32 Å². The number of nitrogens with one attached hydrogen (secondary N) is 1. The second kappa shape index (κ2) is 9.02. The van der Waals surface area contributed by atoms with E-state index in [1.165, 1.54) is 32.3 Å². The second-order valence-electron chi connectivity index (χ2n) is 8.42. The lowest BCUT2D eigenvalue weighted by Gasteiger charge is -2.21. The predicted molar refractivity (Wildman–Crippen MR) is 133 cm³/mol. The Kier molecular flexibility index (Phi) is 6.34. The van der Waals surface area contributed by atoms with Crippen molar-refractivity contribution in [2.75, 3.05) is 24.7 Å². The summed E-state index contributed by atoms with van der Waals surface area (Å²) in [5.41, 5.74) is 2.17. The van der Waals surface area contributed by atoms with Gasteiger partial charge in [0.05, 0.1) is 23.1 Å². The largest absolute Gasteiger partial charge is 0.455 e. The molecule has 0 fully saturated rings. The Hall–Kier alpha value is -3.79.